The van der Waals surface area contributed by atoms with Gasteiger partial charge in [0.2, 0.25) is 5.13 Å². The van der Waals surface area contributed by atoms with E-state index in [0.717, 1.165) is 36.0 Å². The predicted molar refractivity (Wildman–Crippen MR) is 74.6 cm³/mol. The lowest BCUT2D eigenvalue weighted by atomic mass is 10.1. The molecule has 0 atom stereocenters. The molecule has 0 radical (unpaired) electrons. The minimum atomic E-state index is 0.808. The predicted octanol–water partition coefficient (Wildman–Crippen LogP) is 0.770. The topological polar surface area (TPSA) is 73.5 Å². The van der Waals surface area contributed by atoms with Crippen LogP contribution in [0, 0.1) is 0 Å². The Hall–Kier alpha value is -2.06. The molecular weight excluding hydrogens is 274 g/mol. The van der Waals surface area contributed by atoms with Crippen LogP contribution < -0.4 is 5.32 Å². The van der Waals surface area contributed by atoms with Crippen molar-refractivity contribution in [1.82, 2.24) is 35.1 Å². The van der Waals surface area contributed by atoms with Crippen molar-refractivity contribution >= 4 is 11.3 Å². The summed E-state index contributed by atoms with van der Waals surface area (Å²) in [6, 6.07) is 0. The summed E-state index contributed by atoms with van der Waals surface area (Å²) in [5.41, 5.74) is 4.13. The number of thiazole rings is 1. The molecule has 1 aliphatic rings. The first kappa shape index (κ1) is 11.7. The normalized spacial score (nSPS) is 14.4. The van der Waals surface area contributed by atoms with E-state index in [0.29, 0.717) is 0 Å². The SMILES string of the molecule is Cn1cc(-c2nn(-c3nccs3)c3c2CNCC3)nn1. The second-order valence-electron chi connectivity index (χ2n) is 4.70. The molecule has 0 saturated carbocycles. The molecule has 4 rings (SSSR count). The van der Waals surface area contributed by atoms with Crippen LogP contribution in [0.2, 0.25) is 0 Å². The van der Waals surface area contributed by atoms with Crippen LogP contribution >= 0.6 is 11.3 Å². The molecule has 1 N–H and O–H groups in total. The standard InChI is InChI=1S/C12H13N7S/c1-18-7-9(15-17-18)11-8-6-13-3-2-10(8)19(16-11)12-14-4-5-20-12/h4-5,7,13H,2-3,6H2,1H3. The van der Waals surface area contributed by atoms with Gasteiger partial charge >= 0.3 is 0 Å². The third-order valence-electron chi connectivity index (χ3n) is 3.38. The molecule has 0 unspecified atom stereocenters. The Bertz CT molecular complexity index is 740. The highest BCUT2D eigenvalue weighted by molar-refractivity contribution is 7.12. The fourth-order valence-electron chi connectivity index (χ4n) is 2.49. The van der Waals surface area contributed by atoms with E-state index in [1.54, 1.807) is 22.2 Å². The van der Waals surface area contributed by atoms with Crippen LogP contribution in [0.25, 0.3) is 16.5 Å². The van der Waals surface area contributed by atoms with Crippen LogP contribution in [-0.2, 0) is 20.0 Å². The van der Waals surface area contributed by atoms with Crippen LogP contribution in [0.15, 0.2) is 17.8 Å². The van der Waals surface area contributed by atoms with Gasteiger partial charge in [0.1, 0.15) is 11.4 Å². The molecule has 1 aliphatic heterocycles. The molecule has 0 amide bonds. The molecular formula is C12H13N7S. The van der Waals surface area contributed by atoms with E-state index < -0.39 is 0 Å². The van der Waals surface area contributed by atoms with Crippen molar-refractivity contribution in [1.29, 1.82) is 0 Å². The average Bonchev–Trinajstić information content (AvgIpc) is 3.16. The molecule has 20 heavy (non-hydrogen) atoms. The van der Waals surface area contributed by atoms with Crippen molar-refractivity contribution in [2.45, 2.75) is 13.0 Å². The summed E-state index contributed by atoms with van der Waals surface area (Å²) in [6.07, 6.45) is 4.64. The van der Waals surface area contributed by atoms with E-state index >= 15 is 0 Å². The number of aryl methyl sites for hydroxylation is 1. The van der Waals surface area contributed by atoms with Crippen LogP contribution in [0.3, 0.4) is 0 Å². The highest BCUT2D eigenvalue weighted by Gasteiger charge is 2.24. The first-order valence-corrected chi connectivity index (χ1v) is 7.29. The van der Waals surface area contributed by atoms with Gasteiger partial charge in [-0.2, -0.15) is 5.10 Å². The van der Waals surface area contributed by atoms with Gasteiger partial charge in [-0.25, -0.2) is 9.67 Å². The summed E-state index contributed by atoms with van der Waals surface area (Å²) in [6.45, 7) is 1.77. The lowest BCUT2D eigenvalue weighted by Gasteiger charge is -2.14. The summed E-state index contributed by atoms with van der Waals surface area (Å²) in [7, 11) is 1.86. The molecule has 0 spiro atoms. The number of hydrogen-bond acceptors (Lipinski definition) is 6. The maximum Gasteiger partial charge on any atom is 0.210 e. The molecule has 0 fully saturated rings. The van der Waals surface area contributed by atoms with Gasteiger partial charge < -0.3 is 5.32 Å². The quantitative estimate of drug-likeness (QED) is 0.753. The molecule has 102 valence electrons. The molecule has 0 aromatic carbocycles. The van der Waals surface area contributed by atoms with Crippen molar-refractivity contribution in [2.75, 3.05) is 6.54 Å². The molecule has 7 nitrogen and oxygen atoms in total. The van der Waals surface area contributed by atoms with Gasteiger partial charge in [0, 0.05) is 43.7 Å². The third kappa shape index (κ3) is 1.76. The monoisotopic (exact) mass is 287 g/mol. The molecule has 3 aromatic heterocycles. The highest BCUT2D eigenvalue weighted by atomic mass is 32.1. The van der Waals surface area contributed by atoms with Gasteiger partial charge in [0.25, 0.3) is 0 Å². The Labute approximate surface area is 119 Å². The van der Waals surface area contributed by atoms with Crippen LogP contribution in [0.4, 0.5) is 0 Å². The summed E-state index contributed by atoms with van der Waals surface area (Å²) in [5, 5.41) is 19.2. The highest BCUT2D eigenvalue weighted by Crippen LogP contribution is 2.28. The Morgan fingerprint density at radius 3 is 3.10 bits per heavy atom. The van der Waals surface area contributed by atoms with Crippen LogP contribution in [0.1, 0.15) is 11.3 Å². The fourth-order valence-corrected chi connectivity index (χ4v) is 3.10. The second kappa shape index (κ2) is 4.50. The average molecular weight is 287 g/mol. The smallest absolute Gasteiger partial charge is 0.210 e. The minimum Gasteiger partial charge on any atom is -0.312 e. The van der Waals surface area contributed by atoms with E-state index in [-0.39, 0.29) is 0 Å². The minimum absolute atomic E-state index is 0.808. The Morgan fingerprint density at radius 2 is 2.35 bits per heavy atom. The Balaban J connectivity index is 1.92. The van der Waals surface area contributed by atoms with Crippen LogP contribution in [0.5, 0.6) is 0 Å². The van der Waals surface area contributed by atoms with Gasteiger partial charge in [0.15, 0.2) is 0 Å². The summed E-state index contributed by atoms with van der Waals surface area (Å²) < 4.78 is 3.64. The number of nitrogens with one attached hydrogen (secondary N) is 1. The molecule has 4 heterocycles. The second-order valence-corrected chi connectivity index (χ2v) is 5.58. The number of aromatic nitrogens is 6. The Morgan fingerprint density at radius 1 is 1.40 bits per heavy atom. The van der Waals surface area contributed by atoms with Crippen molar-refractivity contribution < 1.29 is 0 Å². The zero-order chi connectivity index (χ0) is 13.5. The lowest BCUT2D eigenvalue weighted by molar-refractivity contribution is 0.622. The number of fused-ring (bicyclic) bond motifs is 1. The van der Waals surface area contributed by atoms with Crippen molar-refractivity contribution in [3.8, 4) is 16.5 Å². The molecule has 8 heteroatoms. The van der Waals surface area contributed by atoms with Gasteiger partial charge in [-0.15, -0.1) is 16.4 Å². The Kier molecular flexibility index (Phi) is 2.64. The maximum absolute atomic E-state index is 4.73. The van der Waals surface area contributed by atoms with Gasteiger partial charge in [-0.3, -0.25) is 4.68 Å². The molecule has 0 saturated heterocycles. The van der Waals surface area contributed by atoms with Crippen molar-refractivity contribution in [3.05, 3.63) is 29.0 Å². The number of hydrogen-bond donors (Lipinski definition) is 1. The third-order valence-corrected chi connectivity index (χ3v) is 4.12. The zero-order valence-corrected chi connectivity index (χ0v) is 11.8. The fraction of sp³-hybridized carbons (Fsp3) is 0.333. The van der Waals surface area contributed by atoms with Crippen molar-refractivity contribution in [3.63, 3.8) is 0 Å². The van der Waals surface area contributed by atoms with Crippen LogP contribution in [-0.4, -0.2) is 36.3 Å². The molecule has 0 aliphatic carbocycles. The number of rotatable bonds is 2. The maximum atomic E-state index is 4.73. The van der Waals surface area contributed by atoms with E-state index in [9.17, 15) is 0 Å². The van der Waals surface area contributed by atoms with Gasteiger partial charge in [-0.05, 0) is 0 Å². The van der Waals surface area contributed by atoms with E-state index in [1.165, 1.54) is 11.3 Å². The number of nitrogens with zero attached hydrogens (tertiary/aromatic N) is 6. The summed E-state index contributed by atoms with van der Waals surface area (Å²) in [4.78, 5) is 4.36. The van der Waals surface area contributed by atoms with E-state index in [4.69, 9.17) is 5.10 Å². The van der Waals surface area contributed by atoms with E-state index in [1.807, 2.05) is 23.3 Å². The first-order chi connectivity index (χ1) is 9.83. The molecule has 3 aromatic rings. The lowest BCUT2D eigenvalue weighted by Crippen LogP contribution is -2.24. The van der Waals surface area contributed by atoms with E-state index in [2.05, 4.69) is 20.6 Å². The summed E-state index contributed by atoms with van der Waals surface area (Å²) in [5.74, 6) is 0. The first-order valence-electron chi connectivity index (χ1n) is 6.41. The summed E-state index contributed by atoms with van der Waals surface area (Å²) >= 11 is 1.59. The largest absolute Gasteiger partial charge is 0.312 e. The van der Waals surface area contributed by atoms with Crippen molar-refractivity contribution in [2.24, 2.45) is 7.05 Å². The van der Waals surface area contributed by atoms with Gasteiger partial charge in [0.05, 0.1) is 11.9 Å². The van der Waals surface area contributed by atoms with Gasteiger partial charge in [-0.1, -0.05) is 5.21 Å². The molecule has 0 bridgehead atoms. The zero-order valence-electron chi connectivity index (χ0n) is 10.9.